The zero-order valence-corrected chi connectivity index (χ0v) is 16.6. The van der Waals surface area contributed by atoms with Crippen LogP contribution in [0, 0.1) is 28.5 Å². The van der Waals surface area contributed by atoms with Crippen LogP contribution in [0.2, 0.25) is 0 Å². The van der Waals surface area contributed by atoms with Crippen molar-refractivity contribution < 1.29 is 9.13 Å². The van der Waals surface area contributed by atoms with Crippen LogP contribution in [-0.4, -0.2) is 9.97 Å². The number of benzene rings is 3. The van der Waals surface area contributed by atoms with Gasteiger partial charge in [0.2, 0.25) is 11.8 Å². The smallest absolute Gasteiger partial charge is 0.232 e. The van der Waals surface area contributed by atoms with Crippen LogP contribution in [0.4, 0.5) is 21.8 Å². The summed E-state index contributed by atoms with van der Waals surface area (Å²) in [7, 11) is 0. The van der Waals surface area contributed by atoms with Gasteiger partial charge < -0.3 is 15.8 Å². The fraction of sp³-hybridized carbons (Fsp3) is 0. The number of hydrogen-bond acceptors (Lipinski definition) is 7. The Labute approximate surface area is 183 Å². The Morgan fingerprint density at radius 2 is 1.44 bits per heavy atom. The van der Waals surface area contributed by atoms with Crippen molar-refractivity contribution in [2.24, 2.45) is 0 Å². The molecule has 0 aliphatic rings. The van der Waals surface area contributed by atoms with E-state index in [0.717, 1.165) is 5.56 Å². The highest BCUT2D eigenvalue weighted by atomic mass is 19.1. The Balaban J connectivity index is 1.54. The minimum Gasteiger partial charge on any atom is -0.436 e. The van der Waals surface area contributed by atoms with Crippen molar-refractivity contribution in [3.05, 3.63) is 89.7 Å². The zero-order chi connectivity index (χ0) is 22.5. The fourth-order valence-corrected chi connectivity index (χ4v) is 2.92. The van der Waals surface area contributed by atoms with Gasteiger partial charge in [-0.05, 0) is 59.7 Å². The summed E-state index contributed by atoms with van der Waals surface area (Å²) in [5.74, 6) is -0.228. The molecule has 0 unspecified atom stereocenters. The average molecular weight is 422 g/mol. The molecule has 32 heavy (non-hydrogen) atoms. The van der Waals surface area contributed by atoms with E-state index in [2.05, 4.69) is 15.3 Å². The summed E-state index contributed by atoms with van der Waals surface area (Å²) in [4.78, 5) is 8.32. The molecule has 3 N–H and O–H groups in total. The van der Waals surface area contributed by atoms with Gasteiger partial charge in [-0.2, -0.15) is 20.5 Å². The van der Waals surface area contributed by atoms with E-state index in [9.17, 15) is 4.39 Å². The fourth-order valence-electron chi connectivity index (χ4n) is 2.92. The topological polar surface area (TPSA) is 121 Å². The first-order valence-corrected chi connectivity index (χ1v) is 9.44. The first-order chi connectivity index (χ1) is 15.5. The lowest BCUT2D eigenvalue weighted by molar-refractivity contribution is 0.428. The molecule has 0 radical (unpaired) electrons. The summed E-state index contributed by atoms with van der Waals surface area (Å²) >= 11 is 0. The molecule has 154 valence electrons. The molecule has 1 heterocycles. The average Bonchev–Trinajstić information content (AvgIpc) is 2.80. The molecule has 8 heteroatoms. The molecule has 7 nitrogen and oxygen atoms in total. The quantitative estimate of drug-likeness (QED) is 0.456. The SMILES string of the molecule is N#Cc1ccc(Nc2nc(N)cc(Oc3ccc(-c4ccc(C#N)cc4)cc3F)n2)cc1. The number of nitrogen functional groups attached to an aromatic ring is 1. The molecule has 0 fully saturated rings. The maximum absolute atomic E-state index is 14.7. The van der Waals surface area contributed by atoms with E-state index in [4.69, 9.17) is 21.0 Å². The molecule has 0 spiro atoms. The van der Waals surface area contributed by atoms with Gasteiger partial charge in [-0.15, -0.1) is 0 Å². The van der Waals surface area contributed by atoms with Gasteiger partial charge in [0.05, 0.1) is 23.3 Å². The Morgan fingerprint density at radius 3 is 2.06 bits per heavy atom. The second-order valence-corrected chi connectivity index (χ2v) is 6.71. The first kappa shape index (κ1) is 20.3. The van der Waals surface area contributed by atoms with Gasteiger partial charge in [-0.1, -0.05) is 18.2 Å². The molecule has 0 saturated carbocycles. The number of nitriles is 2. The van der Waals surface area contributed by atoms with E-state index >= 15 is 0 Å². The lowest BCUT2D eigenvalue weighted by Gasteiger charge is -2.11. The van der Waals surface area contributed by atoms with E-state index in [1.807, 2.05) is 12.1 Å². The van der Waals surface area contributed by atoms with Gasteiger partial charge in [0, 0.05) is 11.8 Å². The molecule has 0 saturated heterocycles. The molecule has 0 atom stereocenters. The molecule has 1 aromatic heterocycles. The summed E-state index contributed by atoms with van der Waals surface area (Å²) in [6.07, 6.45) is 0. The van der Waals surface area contributed by atoms with Crippen molar-refractivity contribution in [1.82, 2.24) is 9.97 Å². The number of nitrogens with one attached hydrogen (secondary N) is 1. The predicted octanol–water partition coefficient (Wildman–Crippen LogP) is 5.14. The maximum atomic E-state index is 14.7. The maximum Gasteiger partial charge on any atom is 0.232 e. The van der Waals surface area contributed by atoms with Crippen molar-refractivity contribution in [3.63, 3.8) is 0 Å². The van der Waals surface area contributed by atoms with Crippen LogP contribution < -0.4 is 15.8 Å². The number of halogens is 1. The van der Waals surface area contributed by atoms with Gasteiger partial charge in [0.25, 0.3) is 0 Å². The van der Waals surface area contributed by atoms with Gasteiger partial charge in [0.15, 0.2) is 11.6 Å². The van der Waals surface area contributed by atoms with Crippen molar-refractivity contribution >= 4 is 17.5 Å². The lowest BCUT2D eigenvalue weighted by Crippen LogP contribution is -2.02. The van der Waals surface area contributed by atoms with Crippen LogP contribution in [0.15, 0.2) is 72.8 Å². The minimum absolute atomic E-state index is 0.0233. The standard InChI is InChI=1S/C24H15FN6O/c25-20-11-18(17-5-1-15(13-26)2-6-17)7-10-21(20)32-23-12-22(28)30-24(31-23)29-19-8-3-16(14-27)4-9-19/h1-12H,(H3,28,29,30,31). The first-order valence-electron chi connectivity index (χ1n) is 9.44. The Morgan fingerprint density at radius 1 is 0.812 bits per heavy atom. The number of aromatic nitrogens is 2. The van der Waals surface area contributed by atoms with E-state index in [0.29, 0.717) is 22.4 Å². The molecular formula is C24H15FN6O. The van der Waals surface area contributed by atoms with Gasteiger partial charge in [-0.3, -0.25) is 0 Å². The second-order valence-electron chi connectivity index (χ2n) is 6.71. The molecule has 0 bridgehead atoms. The van der Waals surface area contributed by atoms with Crippen LogP contribution in [0.3, 0.4) is 0 Å². The largest absolute Gasteiger partial charge is 0.436 e. The summed E-state index contributed by atoms with van der Waals surface area (Å²) in [6, 6.07) is 23.6. The highest BCUT2D eigenvalue weighted by Gasteiger charge is 2.11. The molecule has 0 aliphatic heterocycles. The molecule has 3 aromatic carbocycles. The highest BCUT2D eigenvalue weighted by molar-refractivity contribution is 5.65. The second kappa shape index (κ2) is 8.82. The van der Waals surface area contributed by atoms with Crippen LogP contribution in [0.25, 0.3) is 11.1 Å². The number of ether oxygens (including phenoxy) is 1. The van der Waals surface area contributed by atoms with Crippen molar-refractivity contribution in [2.75, 3.05) is 11.1 Å². The molecule has 4 rings (SSSR count). The Kier molecular flexibility index (Phi) is 5.60. The number of anilines is 3. The summed E-state index contributed by atoms with van der Waals surface area (Å²) < 4.78 is 20.3. The number of hydrogen-bond donors (Lipinski definition) is 2. The molecule has 4 aromatic rings. The van der Waals surface area contributed by atoms with Gasteiger partial charge in [-0.25, -0.2) is 4.39 Å². The summed E-state index contributed by atoms with van der Waals surface area (Å²) in [6.45, 7) is 0. The predicted molar refractivity (Wildman–Crippen MR) is 118 cm³/mol. The van der Waals surface area contributed by atoms with E-state index in [-0.39, 0.29) is 23.4 Å². The molecule has 0 amide bonds. The van der Waals surface area contributed by atoms with E-state index < -0.39 is 5.82 Å². The Bertz CT molecular complexity index is 1360. The third-order valence-corrected chi connectivity index (χ3v) is 4.49. The monoisotopic (exact) mass is 422 g/mol. The van der Waals surface area contributed by atoms with Crippen LogP contribution >= 0.6 is 0 Å². The number of nitrogens with two attached hydrogens (primary N) is 1. The van der Waals surface area contributed by atoms with E-state index in [1.165, 1.54) is 18.2 Å². The summed E-state index contributed by atoms with van der Waals surface area (Å²) in [5.41, 5.74) is 8.96. The third-order valence-electron chi connectivity index (χ3n) is 4.49. The van der Waals surface area contributed by atoms with Crippen molar-refractivity contribution in [2.45, 2.75) is 0 Å². The molecular weight excluding hydrogens is 407 g/mol. The Hall–Kier alpha value is -4.95. The van der Waals surface area contributed by atoms with Crippen molar-refractivity contribution in [3.8, 4) is 34.9 Å². The van der Waals surface area contributed by atoms with Gasteiger partial charge >= 0.3 is 0 Å². The number of nitrogens with zero attached hydrogens (tertiary/aromatic N) is 4. The van der Waals surface area contributed by atoms with Gasteiger partial charge in [0.1, 0.15) is 5.82 Å². The normalized spacial score (nSPS) is 10.1. The van der Waals surface area contributed by atoms with E-state index in [1.54, 1.807) is 54.6 Å². The minimum atomic E-state index is -0.578. The highest BCUT2D eigenvalue weighted by Crippen LogP contribution is 2.29. The zero-order valence-electron chi connectivity index (χ0n) is 16.6. The van der Waals surface area contributed by atoms with Crippen molar-refractivity contribution in [1.29, 1.82) is 10.5 Å². The molecule has 0 aliphatic carbocycles. The third kappa shape index (κ3) is 4.61. The van der Waals surface area contributed by atoms with Crippen LogP contribution in [0.5, 0.6) is 11.6 Å². The number of rotatable bonds is 5. The lowest BCUT2D eigenvalue weighted by atomic mass is 10.0. The summed E-state index contributed by atoms with van der Waals surface area (Å²) in [5, 5.41) is 20.8. The van der Waals surface area contributed by atoms with Crippen LogP contribution in [-0.2, 0) is 0 Å². The van der Waals surface area contributed by atoms with Crippen LogP contribution in [0.1, 0.15) is 11.1 Å².